The van der Waals surface area contributed by atoms with E-state index in [1.807, 2.05) is 0 Å². The summed E-state index contributed by atoms with van der Waals surface area (Å²) in [4.78, 5) is 19.0. The van der Waals surface area contributed by atoms with E-state index < -0.39 is 11.7 Å². The normalized spacial score (nSPS) is 14.5. The van der Waals surface area contributed by atoms with Gasteiger partial charge in [0.1, 0.15) is 5.69 Å². The predicted molar refractivity (Wildman–Crippen MR) is 95.5 cm³/mol. The monoisotopic (exact) mass is 351 g/mol. The number of fused-ring (bicyclic) bond motifs is 1. The standard InChI is InChI=1S/C20H15F2N3O/c21-18(12-4-2-1-3-5-12)19(22)17-10-13(6-8-23-17)16-11-14-15(25-16)7-9-24-20(14)26/h1-6,8,10-11,25H,7,9H2,(H,24,26). The number of aromatic nitrogens is 2. The van der Waals surface area contributed by atoms with E-state index in [0.717, 1.165) is 5.69 Å². The molecule has 2 N–H and O–H groups in total. The van der Waals surface area contributed by atoms with Crippen LogP contribution in [0.4, 0.5) is 8.78 Å². The molecule has 3 aromatic rings. The van der Waals surface area contributed by atoms with Gasteiger partial charge < -0.3 is 10.3 Å². The van der Waals surface area contributed by atoms with Gasteiger partial charge in [0, 0.05) is 41.7 Å². The maximum absolute atomic E-state index is 14.6. The van der Waals surface area contributed by atoms with Crippen molar-refractivity contribution in [1.82, 2.24) is 15.3 Å². The summed E-state index contributed by atoms with van der Waals surface area (Å²) in [5.74, 6) is -2.11. The van der Waals surface area contributed by atoms with Crippen LogP contribution in [0.1, 0.15) is 27.3 Å². The van der Waals surface area contributed by atoms with Crippen LogP contribution in [0.2, 0.25) is 0 Å². The highest BCUT2D eigenvalue weighted by molar-refractivity contribution is 5.97. The average Bonchev–Trinajstić information content (AvgIpc) is 3.13. The molecular weight excluding hydrogens is 336 g/mol. The van der Waals surface area contributed by atoms with Gasteiger partial charge in [-0.05, 0) is 18.2 Å². The average molecular weight is 351 g/mol. The Hall–Kier alpha value is -3.28. The van der Waals surface area contributed by atoms with Gasteiger partial charge in [-0.3, -0.25) is 9.78 Å². The Kier molecular flexibility index (Phi) is 4.08. The summed E-state index contributed by atoms with van der Waals surface area (Å²) in [5.41, 5.74) is 2.78. The van der Waals surface area contributed by atoms with Crippen molar-refractivity contribution >= 4 is 17.6 Å². The zero-order valence-electron chi connectivity index (χ0n) is 13.7. The molecule has 0 saturated carbocycles. The van der Waals surface area contributed by atoms with Crippen LogP contribution in [-0.4, -0.2) is 22.4 Å². The van der Waals surface area contributed by atoms with E-state index >= 15 is 0 Å². The quantitative estimate of drug-likeness (QED) is 0.745. The van der Waals surface area contributed by atoms with E-state index in [0.29, 0.717) is 29.8 Å². The van der Waals surface area contributed by atoms with Gasteiger partial charge in [0.05, 0.1) is 5.56 Å². The summed E-state index contributed by atoms with van der Waals surface area (Å²) < 4.78 is 29.0. The van der Waals surface area contributed by atoms with Gasteiger partial charge in [-0.2, -0.15) is 0 Å². The summed E-state index contributed by atoms with van der Waals surface area (Å²) in [6.07, 6.45) is 2.12. The van der Waals surface area contributed by atoms with Gasteiger partial charge in [-0.1, -0.05) is 30.3 Å². The lowest BCUT2D eigenvalue weighted by Crippen LogP contribution is -2.31. The number of carbonyl (C=O) groups excluding carboxylic acids is 1. The number of benzene rings is 1. The van der Waals surface area contributed by atoms with Crippen molar-refractivity contribution in [3.8, 4) is 11.3 Å². The molecule has 1 aromatic carbocycles. The third kappa shape index (κ3) is 2.90. The van der Waals surface area contributed by atoms with Gasteiger partial charge >= 0.3 is 0 Å². The first-order valence-corrected chi connectivity index (χ1v) is 8.21. The Labute approximate surface area is 148 Å². The minimum absolute atomic E-state index is 0.0964. The smallest absolute Gasteiger partial charge is 0.253 e. The summed E-state index contributed by atoms with van der Waals surface area (Å²) in [5, 5.41) is 2.78. The second kappa shape index (κ2) is 6.55. The third-order valence-corrected chi connectivity index (χ3v) is 4.32. The molecule has 0 aliphatic carbocycles. The molecule has 0 saturated heterocycles. The molecule has 2 aromatic heterocycles. The topological polar surface area (TPSA) is 57.8 Å². The lowest BCUT2D eigenvalue weighted by Gasteiger charge is -2.10. The fourth-order valence-electron chi connectivity index (χ4n) is 2.99. The van der Waals surface area contributed by atoms with Crippen molar-refractivity contribution < 1.29 is 13.6 Å². The number of hydrogen-bond donors (Lipinski definition) is 2. The van der Waals surface area contributed by atoms with E-state index in [4.69, 9.17) is 0 Å². The Balaban J connectivity index is 1.73. The third-order valence-electron chi connectivity index (χ3n) is 4.32. The van der Waals surface area contributed by atoms with Crippen LogP contribution >= 0.6 is 0 Å². The van der Waals surface area contributed by atoms with Crippen molar-refractivity contribution in [2.24, 2.45) is 0 Å². The van der Waals surface area contributed by atoms with Crippen LogP contribution in [-0.2, 0) is 6.42 Å². The molecule has 4 rings (SSSR count). The minimum Gasteiger partial charge on any atom is -0.358 e. The van der Waals surface area contributed by atoms with Crippen molar-refractivity contribution in [2.45, 2.75) is 6.42 Å². The summed E-state index contributed by atoms with van der Waals surface area (Å²) in [6.45, 7) is 0.576. The number of rotatable bonds is 3. The van der Waals surface area contributed by atoms with E-state index in [9.17, 15) is 13.6 Å². The molecule has 1 amide bonds. The molecule has 6 heteroatoms. The van der Waals surface area contributed by atoms with Crippen LogP contribution in [0.5, 0.6) is 0 Å². The van der Waals surface area contributed by atoms with E-state index in [1.54, 1.807) is 30.3 Å². The van der Waals surface area contributed by atoms with Crippen molar-refractivity contribution in [1.29, 1.82) is 0 Å². The number of aromatic amines is 1. The maximum Gasteiger partial charge on any atom is 0.253 e. The van der Waals surface area contributed by atoms with Crippen LogP contribution < -0.4 is 5.32 Å². The molecule has 0 radical (unpaired) electrons. The second-order valence-electron chi connectivity index (χ2n) is 6.00. The number of nitrogens with one attached hydrogen (secondary N) is 2. The first-order valence-electron chi connectivity index (χ1n) is 8.21. The van der Waals surface area contributed by atoms with Gasteiger partial charge in [-0.25, -0.2) is 8.78 Å². The molecule has 0 spiro atoms. The molecule has 0 unspecified atom stereocenters. The first kappa shape index (κ1) is 16.2. The first-order chi connectivity index (χ1) is 12.6. The number of pyridine rings is 1. The lowest BCUT2D eigenvalue weighted by atomic mass is 10.1. The number of nitrogens with zero attached hydrogens (tertiary/aromatic N) is 1. The van der Waals surface area contributed by atoms with Crippen LogP contribution in [0.25, 0.3) is 22.9 Å². The van der Waals surface area contributed by atoms with Crippen LogP contribution in [0.15, 0.2) is 54.7 Å². The Morgan fingerprint density at radius 2 is 1.85 bits per heavy atom. The number of hydrogen-bond acceptors (Lipinski definition) is 2. The van der Waals surface area contributed by atoms with E-state index in [-0.39, 0.29) is 17.2 Å². The molecule has 3 heterocycles. The highest BCUT2D eigenvalue weighted by Gasteiger charge is 2.20. The van der Waals surface area contributed by atoms with Gasteiger partial charge in [0.15, 0.2) is 11.7 Å². The molecule has 1 aliphatic heterocycles. The fraction of sp³-hybridized carbons (Fsp3) is 0.100. The molecular formula is C20H15F2N3O. The van der Waals surface area contributed by atoms with Crippen LogP contribution in [0.3, 0.4) is 0 Å². The maximum atomic E-state index is 14.6. The van der Waals surface area contributed by atoms with Gasteiger partial charge in [0.25, 0.3) is 5.91 Å². The van der Waals surface area contributed by atoms with Crippen molar-refractivity contribution in [3.63, 3.8) is 0 Å². The van der Waals surface area contributed by atoms with Crippen molar-refractivity contribution in [3.05, 3.63) is 77.2 Å². The van der Waals surface area contributed by atoms with E-state index in [1.165, 1.54) is 24.4 Å². The summed E-state index contributed by atoms with van der Waals surface area (Å²) >= 11 is 0. The lowest BCUT2D eigenvalue weighted by molar-refractivity contribution is 0.0946. The second-order valence-corrected chi connectivity index (χ2v) is 6.00. The van der Waals surface area contributed by atoms with E-state index in [2.05, 4.69) is 15.3 Å². The molecule has 1 aliphatic rings. The SMILES string of the molecule is O=C1NCCc2[nH]c(-c3ccnc(C(F)=C(F)c4ccccc4)c3)cc21. The largest absolute Gasteiger partial charge is 0.358 e. The Morgan fingerprint density at radius 3 is 2.62 bits per heavy atom. The minimum atomic E-state index is -1.02. The number of carbonyl (C=O) groups is 1. The number of H-pyrrole nitrogens is 1. The van der Waals surface area contributed by atoms with Crippen LogP contribution in [0, 0.1) is 0 Å². The number of amides is 1. The highest BCUT2D eigenvalue weighted by atomic mass is 19.2. The fourth-order valence-corrected chi connectivity index (χ4v) is 2.99. The summed E-state index contributed by atoms with van der Waals surface area (Å²) in [6, 6.07) is 12.9. The molecule has 130 valence electrons. The molecule has 0 bridgehead atoms. The highest BCUT2D eigenvalue weighted by Crippen LogP contribution is 2.30. The zero-order chi connectivity index (χ0) is 18.1. The number of halogens is 2. The zero-order valence-corrected chi connectivity index (χ0v) is 13.7. The molecule has 0 atom stereocenters. The molecule has 4 nitrogen and oxygen atoms in total. The van der Waals surface area contributed by atoms with Crippen molar-refractivity contribution in [2.75, 3.05) is 6.54 Å². The molecule has 26 heavy (non-hydrogen) atoms. The predicted octanol–water partition coefficient (Wildman–Crippen LogP) is 4.13. The van der Waals surface area contributed by atoms with Gasteiger partial charge in [-0.15, -0.1) is 0 Å². The van der Waals surface area contributed by atoms with Gasteiger partial charge in [0.2, 0.25) is 0 Å². The Bertz CT molecular complexity index is 1010. The Morgan fingerprint density at radius 1 is 1.04 bits per heavy atom. The molecule has 0 fully saturated rings. The summed E-state index contributed by atoms with van der Waals surface area (Å²) in [7, 11) is 0.